The van der Waals surface area contributed by atoms with Gasteiger partial charge in [0, 0.05) is 38.7 Å². The molecular weight excluding hydrogens is 296 g/mol. The number of amides is 2. The number of hydrogen-bond donors (Lipinski definition) is 1. The second-order valence-corrected chi connectivity index (χ2v) is 5.51. The summed E-state index contributed by atoms with van der Waals surface area (Å²) in [6.07, 6.45) is 8.86. The molecule has 1 fully saturated rings. The summed E-state index contributed by atoms with van der Waals surface area (Å²) < 4.78 is 7.04. The van der Waals surface area contributed by atoms with Crippen LogP contribution in [-0.4, -0.2) is 50.1 Å². The van der Waals surface area contributed by atoms with E-state index in [1.54, 1.807) is 25.7 Å². The summed E-state index contributed by atoms with van der Waals surface area (Å²) in [6, 6.07) is 1.77. The highest BCUT2D eigenvalue weighted by atomic mass is 16.5. The van der Waals surface area contributed by atoms with Crippen molar-refractivity contribution in [2.75, 3.05) is 19.0 Å². The Balaban J connectivity index is 1.63. The molecule has 0 aliphatic carbocycles. The lowest BCUT2D eigenvalue weighted by Gasteiger charge is -2.25. The Morgan fingerprint density at radius 2 is 2.39 bits per heavy atom. The maximum atomic E-state index is 12.5. The van der Waals surface area contributed by atoms with Gasteiger partial charge in [-0.2, -0.15) is 0 Å². The first kappa shape index (κ1) is 15.4. The van der Waals surface area contributed by atoms with Crippen LogP contribution in [0.5, 0.6) is 0 Å². The van der Waals surface area contributed by atoms with E-state index in [1.807, 2.05) is 15.7 Å². The molecule has 0 aromatic carbocycles. The first-order valence-corrected chi connectivity index (χ1v) is 7.59. The average molecular weight is 316 g/mol. The van der Waals surface area contributed by atoms with Gasteiger partial charge in [0.1, 0.15) is 12.1 Å². The average Bonchev–Trinajstić information content (AvgIpc) is 3.20. The van der Waals surface area contributed by atoms with E-state index in [9.17, 15) is 4.79 Å². The van der Waals surface area contributed by atoms with E-state index in [-0.39, 0.29) is 12.1 Å². The van der Waals surface area contributed by atoms with E-state index >= 15 is 0 Å². The first-order valence-electron chi connectivity index (χ1n) is 7.59. The van der Waals surface area contributed by atoms with E-state index in [0.717, 1.165) is 31.6 Å². The lowest BCUT2D eigenvalue weighted by atomic mass is 10.2. The molecule has 1 atom stereocenters. The Hall–Kier alpha value is -2.48. The Kier molecular flexibility index (Phi) is 4.82. The number of nitrogens with one attached hydrogen (secondary N) is 1. The normalized spacial score (nSPS) is 17.4. The first-order chi connectivity index (χ1) is 11.3. The van der Waals surface area contributed by atoms with E-state index in [2.05, 4.69) is 20.3 Å². The van der Waals surface area contributed by atoms with Crippen LogP contribution in [-0.2, 0) is 17.9 Å². The highest BCUT2D eigenvalue weighted by Gasteiger charge is 2.29. The number of aromatic nitrogens is 4. The third-order valence-corrected chi connectivity index (χ3v) is 3.87. The van der Waals surface area contributed by atoms with Crippen molar-refractivity contribution in [1.29, 1.82) is 0 Å². The zero-order chi connectivity index (χ0) is 16.1. The SMILES string of the molecule is COCc1cc(NC(=O)N2CCC[C@@H]2Cn2ccnc2)ncn1. The van der Waals surface area contributed by atoms with Crippen molar-refractivity contribution >= 4 is 11.8 Å². The summed E-state index contributed by atoms with van der Waals surface area (Å²) in [5.74, 6) is 0.491. The zero-order valence-corrected chi connectivity index (χ0v) is 13.1. The molecule has 8 nitrogen and oxygen atoms in total. The molecule has 122 valence electrons. The van der Waals surface area contributed by atoms with Gasteiger partial charge in [-0.25, -0.2) is 19.7 Å². The van der Waals surface area contributed by atoms with E-state index in [4.69, 9.17) is 4.74 Å². The molecule has 1 aliphatic rings. The number of imidazole rings is 1. The molecule has 23 heavy (non-hydrogen) atoms. The van der Waals surface area contributed by atoms with Crippen LogP contribution in [0, 0.1) is 0 Å². The third-order valence-electron chi connectivity index (χ3n) is 3.87. The highest BCUT2D eigenvalue weighted by molar-refractivity contribution is 5.88. The molecule has 2 aromatic heterocycles. The number of urea groups is 1. The van der Waals surface area contributed by atoms with Crippen molar-refractivity contribution in [3.8, 4) is 0 Å². The number of methoxy groups -OCH3 is 1. The molecule has 1 aliphatic heterocycles. The summed E-state index contributed by atoms with van der Waals surface area (Å²) in [5.41, 5.74) is 0.731. The third kappa shape index (κ3) is 3.84. The van der Waals surface area contributed by atoms with Crippen molar-refractivity contribution < 1.29 is 9.53 Å². The molecule has 0 spiro atoms. The van der Waals surface area contributed by atoms with Crippen molar-refractivity contribution in [3.05, 3.63) is 36.8 Å². The van der Waals surface area contributed by atoms with Gasteiger partial charge in [0.25, 0.3) is 0 Å². The molecule has 1 saturated heterocycles. The highest BCUT2D eigenvalue weighted by Crippen LogP contribution is 2.20. The zero-order valence-electron chi connectivity index (χ0n) is 13.1. The topological polar surface area (TPSA) is 85.2 Å². The summed E-state index contributed by atoms with van der Waals surface area (Å²) >= 11 is 0. The summed E-state index contributed by atoms with van der Waals surface area (Å²) in [7, 11) is 1.60. The summed E-state index contributed by atoms with van der Waals surface area (Å²) in [5, 5.41) is 2.85. The summed E-state index contributed by atoms with van der Waals surface area (Å²) in [6.45, 7) is 1.89. The Morgan fingerprint density at radius 3 is 3.17 bits per heavy atom. The molecular formula is C15H20N6O2. The molecule has 2 amide bonds. The van der Waals surface area contributed by atoms with Crippen LogP contribution in [0.15, 0.2) is 31.1 Å². The van der Waals surface area contributed by atoms with Crippen LogP contribution in [0.3, 0.4) is 0 Å². The van der Waals surface area contributed by atoms with Gasteiger partial charge >= 0.3 is 6.03 Å². The largest absolute Gasteiger partial charge is 0.378 e. The minimum absolute atomic E-state index is 0.130. The number of rotatable bonds is 5. The van der Waals surface area contributed by atoms with E-state index in [1.165, 1.54) is 6.33 Å². The van der Waals surface area contributed by atoms with Gasteiger partial charge in [-0.3, -0.25) is 5.32 Å². The van der Waals surface area contributed by atoms with E-state index in [0.29, 0.717) is 12.4 Å². The van der Waals surface area contributed by atoms with Gasteiger partial charge in [-0.15, -0.1) is 0 Å². The smallest absolute Gasteiger partial charge is 0.323 e. The Bertz CT molecular complexity index is 645. The number of anilines is 1. The van der Waals surface area contributed by atoms with Crippen molar-refractivity contribution in [2.24, 2.45) is 0 Å². The number of likely N-dealkylation sites (tertiary alicyclic amines) is 1. The fourth-order valence-corrected chi connectivity index (χ4v) is 2.81. The number of carbonyl (C=O) groups excluding carboxylic acids is 1. The predicted molar refractivity (Wildman–Crippen MR) is 83.7 cm³/mol. The Morgan fingerprint density at radius 1 is 1.48 bits per heavy atom. The molecule has 0 radical (unpaired) electrons. The molecule has 3 heterocycles. The molecule has 3 rings (SSSR count). The second-order valence-electron chi connectivity index (χ2n) is 5.51. The van der Waals surface area contributed by atoms with Crippen LogP contribution >= 0.6 is 0 Å². The fourth-order valence-electron chi connectivity index (χ4n) is 2.81. The fraction of sp³-hybridized carbons (Fsp3) is 0.467. The summed E-state index contributed by atoms with van der Waals surface area (Å²) in [4.78, 5) is 26.6. The number of carbonyl (C=O) groups is 1. The maximum absolute atomic E-state index is 12.5. The van der Waals surface area contributed by atoms with Crippen molar-refractivity contribution in [2.45, 2.75) is 32.0 Å². The van der Waals surface area contributed by atoms with Gasteiger partial charge in [0.2, 0.25) is 0 Å². The van der Waals surface area contributed by atoms with Crippen molar-refractivity contribution in [1.82, 2.24) is 24.4 Å². The molecule has 0 saturated carbocycles. The van der Waals surface area contributed by atoms with Crippen LogP contribution in [0.1, 0.15) is 18.5 Å². The lowest BCUT2D eigenvalue weighted by molar-refractivity contribution is 0.181. The quantitative estimate of drug-likeness (QED) is 0.904. The number of ether oxygens (including phenoxy) is 1. The van der Waals surface area contributed by atoms with Crippen LogP contribution in [0.2, 0.25) is 0 Å². The minimum atomic E-state index is -0.130. The van der Waals surface area contributed by atoms with Gasteiger partial charge in [0.05, 0.1) is 24.7 Å². The van der Waals surface area contributed by atoms with Crippen LogP contribution in [0.25, 0.3) is 0 Å². The Labute approximate surface area is 134 Å². The molecule has 1 N–H and O–H groups in total. The van der Waals surface area contributed by atoms with E-state index < -0.39 is 0 Å². The molecule has 0 unspecified atom stereocenters. The van der Waals surface area contributed by atoms with Gasteiger partial charge in [-0.05, 0) is 12.8 Å². The second kappa shape index (κ2) is 7.19. The van der Waals surface area contributed by atoms with Crippen LogP contribution < -0.4 is 5.32 Å². The predicted octanol–water partition coefficient (Wildman–Crippen LogP) is 1.52. The minimum Gasteiger partial charge on any atom is -0.378 e. The number of hydrogen-bond acceptors (Lipinski definition) is 5. The standard InChI is InChI=1S/C15H20N6O2/c1-23-9-12-7-14(18-10-17-12)19-15(22)21-5-2-3-13(21)8-20-6-4-16-11-20/h4,6-7,10-11,13H,2-3,5,8-9H2,1H3,(H,17,18,19,22)/t13-/m1/s1. The molecule has 2 aromatic rings. The molecule has 0 bridgehead atoms. The lowest BCUT2D eigenvalue weighted by Crippen LogP contribution is -2.40. The molecule has 8 heteroatoms. The van der Waals surface area contributed by atoms with Crippen molar-refractivity contribution in [3.63, 3.8) is 0 Å². The van der Waals surface area contributed by atoms with Crippen LogP contribution in [0.4, 0.5) is 10.6 Å². The van der Waals surface area contributed by atoms with Gasteiger partial charge in [-0.1, -0.05) is 0 Å². The van der Waals surface area contributed by atoms with Gasteiger partial charge in [0.15, 0.2) is 0 Å². The number of nitrogens with zero attached hydrogens (tertiary/aromatic N) is 5. The monoisotopic (exact) mass is 316 g/mol. The maximum Gasteiger partial charge on any atom is 0.323 e. The van der Waals surface area contributed by atoms with Gasteiger partial charge < -0.3 is 14.2 Å².